The lowest BCUT2D eigenvalue weighted by atomic mass is 10.2. The Bertz CT molecular complexity index is 443. The van der Waals surface area contributed by atoms with Gasteiger partial charge in [0.1, 0.15) is 12.2 Å². The van der Waals surface area contributed by atoms with Crippen LogP contribution in [-0.4, -0.2) is 33.5 Å². The molecule has 0 aliphatic heterocycles. The van der Waals surface area contributed by atoms with Crippen LogP contribution in [0.4, 0.5) is 0 Å². The molecular formula is C10H13N3O3. The molecule has 6 nitrogen and oxygen atoms in total. The van der Waals surface area contributed by atoms with E-state index < -0.39 is 18.4 Å². The first-order valence-electron chi connectivity index (χ1n) is 4.73. The first kappa shape index (κ1) is 12.1. The molecule has 0 aromatic carbocycles. The maximum atomic E-state index is 11.6. The molecule has 16 heavy (non-hydrogen) atoms. The molecule has 0 saturated carbocycles. The number of nitrogens with one attached hydrogen (secondary N) is 1. The largest absolute Gasteiger partial charge is 0.480 e. The normalized spacial score (nSPS) is 9.94. The van der Waals surface area contributed by atoms with Crippen molar-refractivity contribution in [1.29, 1.82) is 0 Å². The van der Waals surface area contributed by atoms with Crippen LogP contribution in [0.5, 0.6) is 0 Å². The second-order valence-corrected chi connectivity index (χ2v) is 3.40. The monoisotopic (exact) mass is 223 g/mol. The van der Waals surface area contributed by atoms with Crippen LogP contribution in [0, 0.1) is 20.8 Å². The number of nitrogens with zero attached hydrogens (tertiary/aromatic N) is 2. The zero-order valence-electron chi connectivity index (χ0n) is 9.37. The van der Waals surface area contributed by atoms with E-state index in [9.17, 15) is 9.59 Å². The standard InChI is InChI=1S/C10H13N3O3/c1-5-6(2)13-9(7(3)12-5)10(16)11-4-8(14)15/h4H2,1-3H3,(H,11,16)(H,14,15). The van der Waals surface area contributed by atoms with Crippen molar-refractivity contribution in [2.24, 2.45) is 0 Å². The molecule has 86 valence electrons. The first-order valence-corrected chi connectivity index (χ1v) is 4.73. The Hall–Kier alpha value is -1.98. The summed E-state index contributed by atoms with van der Waals surface area (Å²) in [6.45, 7) is 4.78. The third-order valence-corrected chi connectivity index (χ3v) is 2.10. The van der Waals surface area contributed by atoms with Crippen molar-refractivity contribution in [2.75, 3.05) is 6.54 Å². The number of carbonyl (C=O) groups is 2. The maximum Gasteiger partial charge on any atom is 0.322 e. The zero-order chi connectivity index (χ0) is 12.3. The van der Waals surface area contributed by atoms with Crippen molar-refractivity contribution >= 4 is 11.9 Å². The number of carboxylic acid groups (broad SMARTS) is 1. The van der Waals surface area contributed by atoms with E-state index in [1.807, 2.05) is 0 Å². The Morgan fingerprint density at radius 1 is 1.12 bits per heavy atom. The van der Waals surface area contributed by atoms with Crippen molar-refractivity contribution in [1.82, 2.24) is 15.3 Å². The van der Waals surface area contributed by atoms with Crippen LogP contribution in [0.25, 0.3) is 0 Å². The molecule has 0 bridgehead atoms. The molecular weight excluding hydrogens is 210 g/mol. The Morgan fingerprint density at radius 2 is 1.69 bits per heavy atom. The summed E-state index contributed by atoms with van der Waals surface area (Å²) in [6.07, 6.45) is 0. The molecule has 6 heteroatoms. The van der Waals surface area contributed by atoms with Crippen molar-refractivity contribution in [3.8, 4) is 0 Å². The summed E-state index contributed by atoms with van der Waals surface area (Å²) in [5.74, 6) is -1.61. The molecule has 0 radical (unpaired) electrons. The van der Waals surface area contributed by atoms with E-state index in [1.165, 1.54) is 0 Å². The Morgan fingerprint density at radius 3 is 2.25 bits per heavy atom. The number of carboxylic acids is 1. The fourth-order valence-electron chi connectivity index (χ4n) is 1.17. The lowest BCUT2D eigenvalue weighted by molar-refractivity contribution is -0.135. The summed E-state index contributed by atoms with van der Waals surface area (Å²) in [7, 11) is 0. The SMILES string of the molecule is Cc1nc(C)c(C(=O)NCC(=O)O)nc1C. The molecule has 1 aromatic heterocycles. The van der Waals surface area contributed by atoms with Gasteiger partial charge < -0.3 is 10.4 Å². The molecule has 2 N–H and O–H groups in total. The van der Waals surface area contributed by atoms with Gasteiger partial charge in [-0.2, -0.15) is 0 Å². The third-order valence-electron chi connectivity index (χ3n) is 2.10. The number of amides is 1. The number of hydrogen-bond donors (Lipinski definition) is 2. The number of carbonyl (C=O) groups excluding carboxylic acids is 1. The smallest absolute Gasteiger partial charge is 0.322 e. The molecule has 1 amide bonds. The molecule has 0 aliphatic carbocycles. The highest BCUT2D eigenvalue weighted by atomic mass is 16.4. The highest BCUT2D eigenvalue weighted by Gasteiger charge is 2.14. The van der Waals surface area contributed by atoms with Crippen molar-refractivity contribution < 1.29 is 14.7 Å². The summed E-state index contributed by atoms with van der Waals surface area (Å²) in [5.41, 5.74) is 2.08. The van der Waals surface area contributed by atoms with Gasteiger partial charge in [0.2, 0.25) is 0 Å². The van der Waals surface area contributed by atoms with E-state index in [4.69, 9.17) is 5.11 Å². The molecule has 1 heterocycles. The van der Waals surface area contributed by atoms with Crippen LogP contribution in [0.1, 0.15) is 27.6 Å². The average Bonchev–Trinajstić information content (AvgIpc) is 2.20. The maximum absolute atomic E-state index is 11.6. The van der Waals surface area contributed by atoms with Crippen LogP contribution >= 0.6 is 0 Å². The van der Waals surface area contributed by atoms with Gasteiger partial charge in [-0.3, -0.25) is 14.6 Å². The van der Waals surface area contributed by atoms with Crippen LogP contribution in [0.15, 0.2) is 0 Å². The summed E-state index contributed by atoms with van der Waals surface area (Å²) in [4.78, 5) is 30.1. The lowest BCUT2D eigenvalue weighted by Gasteiger charge is -2.07. The molecule has 0 atom stereocenters. The number of aromatic nitrogens is 2. The molecule has 0 spiro atoms. The number of hydrogen-bond acceptors (Lipinski definition) is 4. The molecule has 0 fully saturated rings. The molecule has 1 aromatic rings. The van der Waals surface area contributed by atoms with Crippen molar-refractivity contribution in [3.63, 3.8) is 0 Å². The summed E-state index contributed by atoms with van der Waals surface area (Å²) < 4.78 is 0. The van der Waals surface area contributed by atoms with Gasteiger partial charge >= 0.3 is 5.97 Å². The number of rotatable bonds is 3. The second-order valence-electron chi connectivity index (χ2n) is 3.40. The van der Waals surface area contributed by atoms with Gasteiger partial charge in [0.05, 0.1) is 17.1 Å². The number of aliphatic carboxylic acids is 1. The second kappa shape index (κ2) is 4.69. The Kier molecular flexibility index (Phi) is 3.55. The predicted octanol–water partition coefficient (Wildman–Crippen LogP) is 0.216. The molecule has 0 saturated heterocycles. The van der Waals surface area contributed by atoms with Crippen LogP contribution in [0.2, 0.25) is 0 Å². The fraction of sp³-hybridized carbons (Fsp3) is 0.400. The minimum absolute atomic E-state index is 0.171. The Labute approximate surface area is 92.7 Å². The Balaban J connectivity index is 2.91. The van der Waals surface area contributed by atoms with Gasteiger partial charge in [-0.1, -0.05) is 0 Å². The third kappa shape index (κ3) is 2.75. The lowest BCUT2D eigenvalue weighted by Crippen LogP contribution is -2.31. The first-order chi connectivity index (χ1) is 7.41. The van der Waals surface area contributed by atoms with E-state index in [0.29, 0.717) is 11.4 Å². The summed E-state index contributed by atoms with van der Waals surface area (Å²) in [5, 5.41) is 10.7. The minimum Gasteiger partial charge on any atom is -0.480 e. The van der Waals surface area contributed by atoms with Gasteiger partial charge in [-0.15, -0.1) is 0 Å². The van der Waals surface area contributed by atoms with E-state index in [2.05, 4.69) is 15.3 Å². The average molecular weight is 223 g/mol. The van der Waals surface area contributed by atoms with Gasteiger partial charge in [0.25, 0.3) is 5.91 Å². The van der Waals surface area contributed by atoms with Crippen molar-refractivity contribution in [2.45, 2.75) is 20.8 Å². The van der Waals surface area contributed by atoms with Gasteiger partial charge in [-0.25, -0.2) is 4.98 Å². The predicted molar refractivity (Wildman–Crippen MR) is 56.2 cm³/mol. The van der Waals surface area contributed by atoms with E-state index in [1.54, 1.807) is 20.8 Å². The quantitative estimate of drug-likeness (QED) is 0.764. The topological polar surface area (TPSA) is 92.2 Å². The van der Waals surface area contributed by atoms with Crippen molar-refractivity contribution in [3.05, 3.63) is 22.8 Å². The zero-order valence-corrected chi connectivity index (χ0v) is 9.37. The highest BCUT2D eigenvalue weighted by molar-refractivity contribution is 5.94. The summed E-state index contributed by atoms with van der Waals surface area (Å²) >= 11 is 0. The van der Waals surface area contributed by atoms with E-state index in [0.717, 1.165) is 5.69 Å². The van der Waals surface area contributed by atoms with Crippen LogP contribution < -0.4 is 5.32 Å². The van der Waals surface area contributed by atoms with E-state index >= 15 is 0 Å². The molecule has 0 unspecified atom stereocenters. The van der Waals surface area contributed by atoms with Gasteiger partial charge in [0.15, 0.2) is 0 Å². The minimum atomic E-state index is -1.09. The van der Waals surface area contributed by atoms with E-state index in [-0.39, 0.29) is 5.69 Å². The number of aryl methyl sites for hydroxylation is 3. The van der Waals surface area contributed by atoms with Crippen LogP contribution in [-0.2, 0) is 4.79 Å². The summed E-state index contributed by atoms with van der Waals surface area (Å²) in [6, 6.07) is 0. The molecule has 0 aliphatic rings. The fourth-order valence-corrected chi connectivity index (χ4v) is 1.17. The van der Waals surface area contributed by atoms with Gasteiger partial charge in [0, 0.05) is 0 Å². The highest BCUT2D eigenvalue weighted by Crippen LogP contribution is 2.06. The molecule has 1 rings (SSSR count). The van der Waals surface area contributed by atoms with Crippen LogP contribution in [0.3, 0.4) is 0 Å². The van der Waals surface area contributed by atoms with Gasteiger partial charge in [-0.05, 0) is 20.8 Å².